The minimum absolute atomic E-state index is 0.220. The van der Waals surface area contributed by atoms with E-state index in [-0.39, 0.29) is 4.75 Å². The Balaban J connectivity index is 2.40. The van der Waals surface area contributed by atoms with Crippen molar-refractivity contribution >= 4 is 17.0 Å². The van der Waals surface area contributed by atoms with Gasteiger partial charge in [-0.2, -0.15) is 0 Å². The lowest BCUT2D eigenvalue weighted by Gasteiger charge is -2.23. The number of benzene rings is 1. The van der Waals surface area contributed by atoms with Gasteiger partial charge in [0.05, 0.1) is 0 Å². The molecule has 0 fully saturated rings. The normalized spacial score (nSPS) is 13.8. The third-order valence-corrected chi connectivity index (χ3v) is 3.82. The van der Waals surface area contributed by atoms with Crippen LogP contribution in [-0.4, -0.2) is 15.8 Å². The van der Waals surface area contributed by atoms with Crippen molar-refractivity contribution in [2.75, 3.05) is 12.3 Å². The highest BCUT2D eigenvalue weighted by molar-refractivity contribution is 7.90. The Hall–Kier alpha value is -0.710. The zero-order valence-corrected chi connectivity index (χ0v) is 10.9. The van der Waals surface area contributed by atoms with E-state index >= 15 is 0 Å². The number of hydrogen-bond donors (Lipinski definition) is 2. The SMILES string of the molecule is CC(C)(C)[S+]([O-])NCCc1ccccc1N. The molecule has 1 rings (SSSR count). The molecule has 0 spiro atoms. The average molecular weight is 240 g/mol. The fourth-order valence-corrected chi connectivity index (χ4v) is 1.98. The van der Waals surface area contributed by atoms with Crippen LogP contribution in [0.15, 0.2) is 24.3 Å². The molecule has 0 aliphatic carbocycles. The molecule has 0 aliphatic heterocycles. The highest BCUT2D eigenvalue weighted by Gasteiger charge is 2.25. The maximum absolute atomic E-state index is 11.7. The molecule has 16 heavy (non-hydrogen) atoms. The first kappa shape index (κ1) is 13.4. The van der Waals surface area contributed by atoms with Crippen molar-refractivity contribution in [3.05, 3.63) is 29.8 Å². The number of nitrogens with two attached hydrogens (primary N) is 1. The largest absolute Gasteiger partial charge is 0.598 e. The fraction of sp³-hybridized carbons (Fsp3) is 0.500. The van der Waals surface area contributed by atoms with Crippen molar-refractivity contribution < 1.29 is 4.55 Å². The summed E-state index contributed by atoms with van der Waals surface area (Å²) in [6.45, 7) is 6.53. The second-order valence-electron chi connectivity index (χ2n) is 4.72. The Morgan fingerprint density at radius 2 is 1.94 bits per heavy atom. The van der Waals surface area contributed by atoms with E-state index in [9.17, 15) is 4.55 Å². The van der Waals surface area contributed by atoms with Gasteiger partial charge in [-0.1, -0.05) is 18.2 Å². The minimum atomic E-state index is -1.01. The highest BCUT2D eigenvalue weighted by atomic mass is 32.2. The van der Waals surface area contributed by atoms with Gasteiger partial charge in [-0.25, -0.2) is 0 Å². The van der Waals surface area contributed by atoms with Crippen LogP contribution < -0.4 is 10.5 Å². The van der Waals surface area contributed by atoms with E-state index in [0.29, 0.717) is 6.54 Å². The van der Waals surface area contributed by atoms with E-state index in [1.54, 1.807) is 0 Å². The third-order valence-electron chi connectivity index (χ3n) is 2.24. The lowest BCUT2D eigenvalue weighted by molar-refractivity contribution is 0.544. The second-order valence-corrected chi connectivity index (χ2v) is 6.78. The summed E-state index contributed by atoms with van der Waals surface area (Å²) in [5, 5.41) is 0. The number of nitrogens with one attached hydrogen (secondary N) is 1. The molecule has 3 N–H and O–H groups in total. The summed E-state index contributed by atoms with van der Waals surface area (Å²) < 4.78 is 14.5. The number of anilines is 1. The van der Waals surface area contributed by atoms with E-state index in [0.717, 1.165) is 17.7 Å². The summed E-state index contributed by atoms with van der Waals surface area (Å²) in [4.78, 5) is 0. The van der Waals surface area contributed by atoms with E-state index in [4.69, 9.17) is 5.73 Å². The molecular weight excluding hydrogens is 220 g/mol. The molecule has 0 aliphatic rings. The van der Waals surface area contributed by atoms with E-state index in [1.165, 1.54) is 0 Å². The second kappa shape index (κ2) is 5.57. The molecule has 90 valence electrons. The zero-order chi connectivity index (χ0) is 12.2. The summed E-state index contributed by atoms with van der Waals surface area (Å²) in [6, 6.07) is 7.76. The Morgan fingerprint density at radius 3 is 2.50 bits per heavy atom. The smallest absolute Gasteiger partial charge is 0.136 e. The van der Waals surface area contributed by atoms with Gasteiger partial charge in [0.15, 0.2) is 0 Å². The van der Waals surface area contributed by atoms with Crippen molar-refractivity contribution in [1.82, 2.24) is 4.72 Å². The lowest BCUT2D eigenvalue weighted by Crippen LogP contribution is -2.40. The third kappa shape index (κ3) is 4.04. The Labute approximate surface area is 101 Å². The molecule has 1 unspecified atom stereocenters. The summed E-state index contributed by atoms with van der Waals surface area (Å²) in [5.74, 6) is 0. The van der Waals surface area contributed by atoms with Crippen molar-refractivity contribution in [2.24, 2.45) is 0 Å². The molecule has 0 saturated carbocycles. The molecular formula is C12H20N2OS. The number of rotatable bonds is 4. The van der Waals surface area contributed by atoms with Crippen LogP contribution in [0.2, 0.25) is 0 Å². The molecule has 4 heteroatoms. The van der Waals surface area contributed by atoms with Gasteiger partial charge in [0.2, 0.25) is 0 Å². The van der Waals surface area contributed by atoms with Gasteiger partial charge in [-0.15, -0.1) is 4.72 Å². The standard InChI is InChI=1S/C12H20N2OS/c1-12(2,3)16(15)14-9-8-10-6-4-5-7-11(10)13/h4-7,14H,8-9,13H2,1-3H3. The van der Waals surface area contributed by atoms with Gasteiger partial charge in [-0.05, 0) is 38.8 Å². The first-order valence-electron chi connectivity index (χ1n) is 5.40. The molecule has 0 amide bonds. The monoisotopic (exact) mass is 240 g/mol. The van der Waals surface area contributed by atoms with Crippen molar-refractivity contribution in [2.45, 2.75) is 31.9 Å². The van der Waals surface area contributed by atoms with E-state index < -0.39 is 11.4 Å². The van der Waals surface area contributed by atoms with Crippen LogP contribution in [0.25, 0.3) is 0 Å². The van der Waals surface area contributed by atoms with Crippen LogP contribution in [0.5, 0.6) is 0 Å². The molecule has 1 aromatic carbocycles. The van der Waals surface area contributed by atoms with Crippen molar-refractivity contribution in [1.29, 1.82) is 0 Å². The summed E-state index contributed by atoms with van der Waals surface area (Å²) in [6.07, 6.45) is 0.800. The number of hydrogen-bond acceptors (Lipinski definition) is 3. The van der Waals surface area contributed by atoms with Gasteiger partial charge in [0, 0.05) is 23.6 Å². The highest BCUT2D eigenvalue weighted by Crippen LogP contribution is 2.14. The first-order valence-corrected chi connectivity index (χ1v) is 6.55. The molecule has 1 aromatic rings. The molecule has 0 saturated heterocycles. The predicted octanol–water partition coefficient (Wildman–Crippen LogP) is 1.86. The Morgan fingerprint density at radius 1 is 1.31 bits per heavy atom. The van der Waals surface area contributed by atoms with Gasteiger partial charge in [-0.3, -0.25) is 0 Å². The van der Waals surface area contributed by atoms with Crippen LogP contribution >= 0.6 is 0 Å². The topological polar surface area (TPSA) is 61.1 Å². The van der Waals surface area contributed by atoms with Gasteiger partial charge in [0.25, 0.3) is 0 Å². The predicted molar refractivity (Wildman–Crippen MR) is 70.5 cm³/mol. The molecule has 0 aromatic heterocycles. The summed E-state index contributed by atoms with van der Waals surface area (Å²) >= 11 is -1.01. The maximum atomic E-state index is 11.7. The molecule has 1 atom stereocenters. The first-order chi connectivity index (χ1) is 7.41. The van der Waals surface area contributed by atoms with Crippen LogP contribution in [-0.2, 0) is 17.8 Å². The minimum Gasteiger partial charge on any atom is -0.598 e. The number of nitrogen functional groups attached to an aromatic ring is 1. The molecule has 0 heterocycles. The van der Waals surface area contributed by atoms with Crippen molar-refractivity contribution in [3.8, 4) is 0 Å². The molecule has 3 nitrogen and oxygen atoms in total. The quantitative estimate of drug-likeness (QED) is 0.624. The maximum Gasteiger partial charge on any atom is 0.136 e. The number of para-hydroxylation sites is 1. The van der Waals surface area contributed by atoms with Crippen LogP contribution in [0, 0.1) is 0 Å². The van der Waals surface area contributed by atoms with Crippen LogP contribution in [0.4, 0.5) is 5.69 Å². The van der Waals surface area contributed by atoms with Crippen LogP contribution in [0.3, 0.4) is 0 Å². The summed E-state index contributed by atoms with van der Waals surface area (Å²) in [7, 11) is 0. The lowest BCUT2D eigenvalue weighted by atomic mass is 10.1. The Bertz CT molecular complexity index is 336. The molecule has 0 bridgehead atoms. The van der Waals surface area contributed by atoms with E-state index in [2.05, 4.69) is 4.72 Å². The van der Waals surface area contributed by atoms with Crippen LogP contribution in [0.1, 0.15) is 26.3 Å². The van der Waals surface area contributed by atoms with Gasteiger partial charge >= 0.3 is 0 Å². The fourth-order valence-electron chi connectivity index (χ4n) is 1.26. The van der Waals surface area contributed by atoms with Gasteiger partial charge in [0.1, 0.15) is 4.75 Å². The van der Waals surface area contributed by atoms with E-state index in [1.807, 2.05) is 45.0 Å². The molecule has 0 radical (unpaired) electrons. The summed E-state index contributed by atoms with van der Waals surface area (Å²) in [5.41, 5.74) is 7.71. The van der Waals surface area contributed by atoms with Crippen molar-refractivity contribution in [3.63, 3.8) is 0 Å². The Kier molecular flexibility index (Phi) is 4.65. The zero-order valence-electron chi connectivity index (χ0n) is 10.1. The van der Waals surface area contributed by atoms with Gasteiger partial charge < -0.3 is 10.3 Å². The average Bonchev–Trinajstić information content (AvgIpc) is 2.19.